The van der Waals surface area contributed by atoms with E-state index in [0.717, 1.165) is 33.7 Å². The summed E-state index contributed by atoms with van der Waals surface area (Å²) < 4.78 is 7.06. The molecular weight excluding hydrogens is 425 g/mol. The molecule has 0 unspecified atom stereocenters. The Kier molecular flexibility index (Phi) is 6.77. The number of aromatic nitrogens is 4. The monoisotopic (exact) mass is 445 g/mol. The molecule has 0 bridgehead atoms. The minimum atomic E-state index is -0.0347. The second-order valence-corrected chi connectivity index (χ2v) is 6.93. The maximum Gasteiger partial charge on any atom is 0.121 e. The Hall–Kier alpha value is -2.87. The molecule has 9 heteroatoms. The van der Waals surface area contributed by atoms with Gasteiger partial charge in [-0.25, -0.2) is 4.98 Å². The van der Waals surface area contributed by atoms with E-state index in [0.29, 0.717) is 17.3 Å². The van der Waals surface area contributed by atoms with Crippen molar-refractivity contribution < 1.29 is 9.84 Å². The van der Waals surface area contributed by atoms with Crippen LogP contribution in [0.2, 0.25) is 5.02 Å². The fourth-order valence-electron chi connectivity index (χ4n) is 3.18. The molecule has 1 N–H and O–H groups in total. The summed E-state index contributed by atoms with van der Waals surface area (Å²) in [5, 5.41) is 14.4. The number of hydrogen-bond acceptors (Lipinski definition) is 6. The maximum atomic E-state index is 9.63. The first-order valence-corrected chi connectivity index (χ1v) is 9.44. The van der Waals surface area contributed by atoms with Crippen LogP contribution in [0.25, 0.3) is 22.3 Å². The lowest BCUT2D eigenvalue weighted by Crippen LogP contribution is -2.21. The zero-order chi connectivity index (χ0) is 20.4. The normalized spacial score (nSPS) is 10.7. The Morgan fingerprint density at radius 3 is 2.67 bits per heavy atom. The number of benzene rings is 2. The second-order valence-electron chi connectivity index (χ2n) is 6.52. The average Bonchev–Trinajstić information content (AvgIpc) is 3.18. The molecule has 0 radical (unpaired) electrons. The van der Waals surface area contributed by atoms with Gasteiger partial charge in [0.25, 0.3) is 0 Å². The summed E-state index contributed by atoms with van der Waals surface area (Å²) in [5.41, 5.74) is 4.76. The molecule has 2 aromatic heterocycles. The molecule has 2 heterocycles. The van der Waals surface area contributed by atoms with Crippen molar-refractivity contribution in [2.24, 2.45) is 7.05 Å². The first-order valence-electron chi connectivity index (χ1n) is 9.07. The van der Waals surface area contributed by atoms with Gasteiger partial charge >= 0.3 is 0 Å². The third-order valence-corrected chi connectivity index (χ3v) is 4.93. The van der Waals surface area contributed by atoms with Gasteiger partial charge in [-0.15, -0.1) is 12.4 Å². The summed E-state index contributed by atoms with van der Waals surface area (Å²) in [4.78, 5) is 11.2. The highest BCUT2D eigenvalue weighted by atomic mass is 35.5. The van der Waals surface area contributed by atoms with E-state index in [-0.39, 0.29) is 19.0 Å². The zero-order valence-electron chi connectivity index (χ0n) is 16.5. The van der Waals surface area contributed by atoms with Crippen molar-refractivity contribution in [3.05, 3.63) is 60.0 Å². The molecule has 0 amide bonds. The maximum absolute atomic E-state index is 9.63. The number of halogens is 2. The Balaban J connectivity index is 0.00000256. The van der Waals surface area contributed by atoms with Crippen LogP contribution in [0.1, 0.15) is 0 Å². The number of anilines is 2. The van der Waals surface area contributed by atoms with Crippen LogP contribution in [0.4, 0.5) is 11.4 Å². The molecule has 0 spiro atoms. The third kappa shape index (κ3) is 4.33. The molecule has 0 aliphatic heterocycles. The Bertz CT molecular complexity index is 1170. The minimum absolute atomic E-state index is 0. The predicted molar refractivity (Wildman–Crippen MR) is 121 cm³/mol. The quantitative estimate of drug-likeness (QED) is 0.478. The molecular formula is C21H21Cl2N5O2. The van der Waals surface area contributed by atoms with Crippen molar-refractivity contribution in [1.29, 1.82) is 0 Å². The van der Waals surface area contributed by atoms with Gasteiger partial charge in [0, 0.05) is 37.1 Å². The van der Waals surface area contributed by atoms with Crippen molar-refractivity contribution in [2.75, 3.05) is 25.2 Å². The largest absolute Gasteiger partial charge is 0.497 e. The van der Waals surface area contributed by atoms with Crippen molar-refractivity contribution in [3.8, 4) is 17.0 Å². The van der Waals surface area contributed by atoms with E-state index in [2.05, 4.69) is 10.1 Å². The third-order valence-electron chi connectivity index (χ3n) is 4.61. The zero-order valence-corrected chi connectivity index (χ0v) is 18.1. The summed E-state index contributed by atoms with van der Waals surface area (Å²) in [5.74, 6) is 0.687. The van der Waals surface area contributed by atoms with Crippen molar-refractivity contribution >= 4 is 46.4 Å². The van der Waals surface area contributed by atoms with Gasteiger partial charge in [0.1, 0.15) is 5.75 Å². The van der Waals surface area contributed by atoms with Crippen LogP contribution in [0, 0.1) is 0 Å². The summed E-state index contributed by atoms with van der Waals surface area (Å²) in [6.45, 7) is 0.334. The molecule has 0 aliphatic rings. The van der Waals surface area contributed by atoms with Crippen LogP contribution < -0.4 is 9.64 Å². The van der Waals surface area contributed by atoms with Gasteiger partial charge in [-0.1, -0.05) is 11.6 Å². The van der Waals surface area contributed by atoms with Gasteiger partial charge in [0.2, 0.25) is 0 Å². The SMILES string of the molecule is COc1ccc(Cl)c(N(CCO)c2ccc3ncc(-c4cnn(C)c4)nc3c2)c1.Cl. The molecule has 4 rings (SSSR count). The lowest BCUT2D eigenvalue weighted by Gasteiger charge is -2.25. The number of methoxy groups -OCH3 is 1. The summed E-state index contributed by atoms with van der Waals surface area (Å²) >= 11 is 6.44. The number of ether oxygens (including phenoxy) is 1. The number of rotatable bonds is 6. The molecule has 0 fully saturated rings. The van der Waals surface area contributed by atoms with Crippen molar-refractivity contribution in [1.82, 2.24) is 19.7 Å². The fourth-order valence-corrected chi connectivity index (χ4v) is 3.39. The standard InChI is InChI=1S/C21H20ClN5O2.ClH/c1-26-13-14(11-24-26)20-12-23-18-6-3-15(9-19(18)25-20)27(7-8-28)21-10-16(29-2)4-5-17(21)22;/h3-6,9-13,28H,7-8H2,1-2H3;1H. The molecule has 30 heavy (non-hydrogen) atoms. The summed E-state index contributed by atoms with van der Waals surface area (Å²) in [7, 11) is 3.47. The van der Waals surface area contributed by atoms with Gasteiger partial charge in [-0.2, -0.15) is 5.10 Å². The molecule has 4 aromatic rings. The highest BCUT2D eigenvalue weighted by Gasteiger charge is 2.15. The lowest BCUT2D eigenvalue weighted by molar-refractivity contribution is 0.305. The van der Waals surface area contributed by atoms with Gasteiger partial charge in [-0.05, 0) is 30.3 Å². The number of nitrogens with zero attached hydrogens (tertiary/aromatic N) is 5. The second kappa shape index (κ2) is 9.30. The summed E-state index contributed by atoms with van der Waals surface area (Å²) in [6.07, 6.45) is 5.39. The highest BCUT2D eigenvalue weighted by Crippen LogP contribution is 2.35. The van der Waals surface area contributed by atoms with Gasteiger partial charge in [0.05, 0.1) is 53.5 Å². The number of hydrogen-bond donors (Lipinski definition) is 1. The lowest BCUT2D eigenvalue weighted by atomic mass is 10.2. The topological polar surface area (TPSA) is 76.3 Å². The Labute approximate surface area is 185 Å². The van der Waals surface area contributed by atoms with Gasteiger partial charge in [-0.3, -0.25) is 9.67 Å². The van der Waals surface area contributed by atoms with Crippen molar-refractivity contribution in [3.63, 3.8) is 0 Å². The molecule has 7 nitrogen and oxygen atoms in total. The van der Waals surface area contributed by atoms with E-state index >= 15 is 0 Å². The van der Waals surface area contributed by atoms with E-state index in [4.69, 9.17) is 21.3 Å². The number of aliphatic hydroxyl groups is 1. The van der Waals surface area contributed by atoms with Crippen LogP contribution in [-0.4, -0.2) is 45.1 Å². The molecule has 0 saturated carbocycles. The van der Waals surface area contributed by atoms with Crippen LogP contribution >= 0.6 is 24.0 Å². The van der Waals surface area contributed by atoms with Crippen LogP contribution in [0.3, 0.4) is 0 Å². The van der Waals surface area contributed by atoms with Gasteiger partial charge in [0.15, 0.2) is 0 Å². The van der Waals surface area contributed by atoms with E-state index in [1.54, 1.807) is 36.3 Å². The Morgan fingerprint density at radius 1 is 1.13 bits per heavy atom. The van der Waals surface area contributed by atoms with E-state index in [1.807, 2.05) is 42.4 Å². The number of aryl methyl sites for hydroxylation is 1. The predicted octanol–water partition coefficient (Wildman–Crippen LogP) is 4.24. The minimum Gasteiger partial charge on any atom is -0.497 e. The fraction of sp³-hybridized carbons (Fsp3) is 0.190. The Morgan fingerprint density at radius 2 is 1.97 bits per heavy atom. The number of fused-ring (bicyclic) bond motifs is 1. The van der Waals surface area contributed by atoms with E-state index < -0.39 is 0 Å². The smallest absolute Gasteiger partial charge is 0.121 e. The first-order chi connectivity index (χ1) is 14.1. The van der Waals surface area contributed by atoms with Gasteiger partial charge < -0.3 is 14.7 Å². The van der Waals surface area contributed by atoms with E-state index in [9.17, 15) is 5.11 Å². The highest BCUT2D eigenvalue weighted by molar-refractivity contribution is 6.33. The molecule has 0 aliphatic carbocycles. The van der Waals surface area contributed by atoms with Crippen LogP contribution in [0.5, 0.6) is 5.75 Å². The molecule has 0 atom stereocenters. The molecule has 2 aromatic carbocycles. The van der Waals surface area contributed by atoms with E-state index in [1.165, 1.54) is 0 Å². The first kappa shape index (κ1) is 21.8. The van der Waals surface area contributed by atoms with Crippen LogP contribution in [-0.2, 0) is 7.05 Å². The summed E-state index contributed by atoms with van der Waals surface area (Å²) in [6, 6.07) is 11.2. The molecule has 156 valence electrons. The van der Waals surface area contributed by atoms with Crippen LogP contribution in [0.15, 0.2) is 55.0 Å². The van der Waals surface area contributed by atoms with Crippen molar-refractivity contribution in [2.45, 2.75) is 0 Å². The molecule has 0 saturated heterocycles. The average molecular weight is 446 g/mol. The number of aliphatic hydroxyl groups excluding tert-OH is 1.